The van der Waals surface area contributed by atoms with Crippen molar-refractivity contribution >= 4 is 11.3 Å². The maximum atomic E-state index is 3.54. The standard InChI is InChI=1S/C15H26N2S/c1-15(2,3)13-6-8-17(12-13)9-7-16-11-14-5-4-10-18-14/h4-5,10,13,16H,6-9,11-12H2,1-3H3. The van der Waals surface area contributed by atoms with E-state index in [1.54, 1.807) is 0 Å². The molecule has 0 aromatic carbocycles. The van der Waals surface area contributed by atoms with Crippen LogP contribution in [0.25, 0.3) is 0 Å². The molecule has 0 aliphatic carbocycles. The second kappa shape index (κ2) is 6.18. The highest BCUT2D eigenvalue weighted by atomic mass is 32.1. The Balaban J connectivity index is 1.61. The first-order valence-electron chi connectivity index (χ1n) is 7.01. The van der Waals surface area contributed by atoms with E-state index in [1.165, 1.54) is 30.9 Å². The van der Waals surface area contributed by atoms with Gasteiger partial charge in [-0.05, 0) is 35.7 Å². The first kappa shape index (κ1) is 14.0. The quantitative estimate of drug-likeness (QED) is 0.823. The van der Waals surface area contributed by atoms with Gasteiger partial charge >= 0.3 is 0 Å². The maximum absolute atomic E-state index is 3.54. The van der Waals surface area contributed by atoms with Crippen molar-refractivity contribution in [3.8, 4) is 0 Å². The normalized spacial score (nSPS) is 21.6. The van der Waals surface area contributed by atoms with Crippen LogP contribution in [0.3, 0.4) is 0 Å². The van der Waals surface area contributed by atoms with Gasteiger partial charge in [0.25, 0.3) is 0 Å². The molecule has 1 N–H and O–H groups in total. The summed E-state index contributed by atoms with van der Waals surface area (Å²) in [5.74, 6) is 0.870. The Morgan fingerprint density at radius 1 is 1.44 bits per heavy atom. The van der Waals surface area contributed by atoms with Crippen LogP contribution in [0.15, 0.2) is 17.5 Å². The van der Waals surface area contributed by atoms with Gasteiger partial charge in [0, 0.05) is 31.1 Å². The summed E-state index contributed by atoms with van der Waals surface area (Å²) in [5, 5.41) is 5.68. The van der Waals surface area contributed by atoms with Crippen LogP contribution in [0.2, 0.25) is 0 Å². The van der Waals surface area contributed by atoms with Crippen molar-refractivity contribution in [1.82, 2.24) is 10.2 Å². The Morgan fingerprint density at radius 2 is 2.28 bits per heavy atom. The predicted molar refractivity (Wildman–Crippen MR) is 80.0 cm³/mol. The van der Waals surface area contributed by atoms with E-state index in [4.69, 9.17) is 0 Å². The summed E-state index contributed by atoms with van der Waals surface area (Å²) in [7, 11) is 0. The minimum absolute atomic E-state index is 0.471. The molecule has 0 radical (unpaired) electrons. The lowest BCUT2D eigenvalue weighted by Gasteiger charge is -2.27. The van der Waals surface area contributed by atoms with Gasteiger partial charge in [0.2, 0.25) is 0 Å². The molecule has 0 saturated carbocycles. The number of rotatable bonds is 5. The highest BCUT2D eigenvalue weighted by molar-refractivity contribution is 7.09. The van der Waals surface area contributed by atoms with Crippen LogP contribution < -0.4 is 5.32 Å². The zero-order valence-corrected chi connectivity index (χ0v) is 12.7. The first-order valence-corrected chi connectivity index (χ1v) is 7.89. The van der Waals surface area contributed by atoms with Crippen molar-refractivity contribution in [3.63, 3.8) is 0 Å². The molecule has 2 nitrogen and oxygen atoms in total. The second-order valence-corrected chi connectivity index (χ2v) is 7.44. The predicted octanol–water partition coefficient (Wildman–Crippen LogP) is 3.21. The molecule has 2 heterocycles. The lowest BCUT2D eigenvalue weighted by atomic mass is 9.80. The molecule has 2 rings (SSSR count). The van der Waals surface area contributed by atoms with Gasteiger partial charge in [-0.1, -0.05) is 26.8 Å². The van der Waals surface area contributed by atoms with Crippen molar-refractivity contribution in [1.29, 1.82) is 0 Å². The molecule has 1 aromatic rings. The molecule has 0 spiro atoms. The van der Waals surface area contributed by atoms with E-state index < -0.39 is 0 Å². The number of hydrogen-bond donors (Lipinski definition) is 1. The molecule has 3 heteroatoms. The lowest BCUT2D eigenvalue weighted by Crippen LogP contribution is -2.31. The Labute approximate surface area is 115 Å². The largest absolute Gasteiger partial charge is 0.311 e. The van der Waals surface area contributed by atoms with E-state index in [0.717, 1.165) is 19.0 Å². The van der Waals surface area contributed by atoms with Crippen LogP contribution in [-0.4, -0.2) is 31.1 Å². The molecule has 102 valence electrons. The molecule has 1 fully saturated rings. The Morgan fingerprint density at radius 3 is 2.89 bits per heavy atom. The van der Waals surface area contributed by atoms with Crippen LogP contribution in [0.5, 0.6) is 0 Å². The van der Waals surface area contributed by atoms with Crippen molar-refractivity contribution in [2.24, 2.45) is 11.3 Å². The smallest absolute Gasteiger partial charge is 0.0300 e. The number of nitrogens with zero attached hydrogens (tertiary/aromatic N) is 1. The van der Waals surface area contributed by atoms with E-state index in [-0.39, 0.29) is 0 Å². The van der Waals surface area contributed by atoms with Gasteiger partial charge < -0.3 is 10.2 Å². The van der Waals surface area contributed by atoms with E-state index in [2.05, 4.69) is 48.5 Å². The van der Waals surface area contributed by atoms with Gasteiger partial charge in [-0.25, -0.2) is 0 Å². The van der Waals surface area contributed by atoms with Crippen LogP contribution in [-0.2, 0) is 6.54 Å². The van der Waals surface area contributed by atoms with Gasteiger partial charge in [0.15, 0.2) is 0 Å². The minimum atomic E-state index is 0.471. The number of nitrogens with one attached hydrogen (secondary N) is 1. The summed E-state index contributed by atoms with van der Waals surface area (Å²) in [6.45, 7) is 13.0. The van der Waals surface area contributed by atoms with E-state index in [9.17, 15) is 0 Å². The highest BCUT2D eigenvalue weighted by Gasteiger charge is 2.31. The summed E-state index contributed by atoms with van der Waals surface area (Å²) in [6, 6.07) is 4.32. The molecular formula is C15H26N2S. The van der Waals surface area contributed by atoms with Crippen LogP contribution in [0.1, 0.15) is 32.1 Å². The lowest BCUT2D eigenvalue weighted by molar-refractivity contribution is 0.229. The molecule has 1 aromatic heterocycles. The van der Waals surface area contributed by atoms with Gasteiger partial charge in [0.1, 0.15) is 0 Å². The zero-order chi connectivity index (χ0) is 13.0. The average Bonchev–Trinajstić information content (AvgIpc) is 2.95. The fourth-order valence-corrected chi connectivity index (χ4v) is 3.28. The molecule has 18 heavy (non-hydrogen) atoms. The first-order chi connectivity index (χ1) is 8.55. The monoisotopic (exact) mass is 266 g/mol. The van der Waals surface area contributed by atoms with Crippen molar-refractivity contribution in [2.45, 2.75) is 33.7 Å². The molecule has 1 aliphatic heterocycles. The third kappa shape index (κ3) is 4.08. The highest BCUT2D eigenvalue weighted by Crippen LogP contribution is 2.33. The Kier molecular flexibility index (Phi) is 4.82. The van der Waals surface area contributed by atoms with Gasteiger partial charge in [-0.2, -0.15) is 0 Å². The number of hydrogen-bond acceptors (Lipinski definition) is 3. The van der Waals surface area contributed by atoms with Crippen molar-refractivity contribution in [3.05, 3.63) is 22.4 Å². The Bertz CT molecular complexity index is 340. The molecule has 1 saturated heterocycles. The topological polar surface area (TPSA) is 15.3 Å². The van der Waals surface area contributed by atoms with Gasteiger partial charge in [-0.15, -0.1) is 11.3 Å². The van der Waals surface area contributed by atoms with Crippen LogP contribution in [0, 0.1) is 11.3 Å². The SMILES string of the molecule is CC(C)(C)C1CCN(CCNCc2cccs2)C1. The van der Waals surface area contributed by atoms with Crippen molar-refractivity contribution < 1.29 is 0 Å². The zero-order valence-electron chi connectivity index (χ0n) is 11.9. The van der Waals surface area contributed by atoms with E-state index in [0.29, 0.717) is 5.41 Å². The third-order valence-electron chi connectivity index (χ3n) is 3.98. The van der Waals surface area contributed by atoms with Gasteiger partial charge in [0.05, 0.1) is 0 Å². The van der Waals surface area contributed by atoms with Crippen LogP contribution >= 0.6 is 11.3 Å². The summed E-state index contributed by atoms with van der Waals surface area (Å²) < 4.78 is 0. The maximum Gasteiger partial charge on any atom is 0.0300 e. The molecule has 0 amide bonds. The Hall–Kier alpha value is -0.380. The fourth-order valence-electron chi connectivity index (χ4n) is 2.60. The fraction of sp³-hybridized carbons (Fsp3) is 0.733. The molecule has 1 aliphatic rings. The summed E-state index contributed by atoms with van der Waals surface area (Å²) in [4.78, 5) is 4.04. The average molecular weight is 266 g/mol. The summed E-state index contributed by atoms with van der Waals surface area (Å²) in [6.07, 6.45) is 1.37. The minimum Gasteiger partial charge on any atom is -0.311 e. The summed E-state index contributed by atoms with van der Waals surface area (Å²) >= 11 is 1.83. The van der Waals surface area contributed by atoms with Crippen LogP contribution in [0.4, 0.5) is 0 Å². The van der Waals surface area contributed by atoms with Crippen molar-refractivity contribution in [2.75, 3.05) is 26.2 Å². The number of thiophene rings is 1. The van der Waals surface area contributed by atoms with Gasteiger partial charge in [-0.3, -0.25) is 0 Å². The molecule has 0 bridgehead atoms. The van der Waals surface area contributed by atoms with E-state index in [1.807, 2.05) is 11.3 Å². The third-order valence-corrected chi connectivity index (χ3v) is 4.86. The number of likely N-dealkylation sites (tertiary alicyclic amines) is 1. The molecule has 1 atom stereocenters. The molecule has 1 unspecified atom stereocenters. The second-order valence-electron chi connectivity index (χ2n) is 6.41. The molecular weight excluding hydrogens is 240 g/mol. The summed E-state index contributed by atoms with van der Waals surface area (Å²) in [5.41, 5.74) is 0.471. The van der Waals surface area contributed by atoms with E-state index >= 15 is 0 Å².